The molecule has 34 heavy (non-hydrogen) atoms. The molecule has 1 heterocycles. The molecule has 1 aliphatic heterocycles. The van der Waals surface area contributed by atoms with Crippen molar-refractivity contribution in [1.29, 1.82) is 0 Å². The van der Waals surface area contributed by atoms with Crippen LogP contribution < -0.4 is 5.32 Å². The Morgan fingerprint density at radius 2 is 1.71 bits per heavy atom. The second-order valence-corrected chi connectivity index (χ2v) is 10.4. The number of nitrogens with one attached hydrogen (secondary N) is 1. The third-order valence-corrected chi connectivity index (χ3v) is 7.91. The number of esters is 1. The minimum Gasteiger partial charge on any atom is -0.452 e. The van der Waals surface area contributed by atoms with Crippen molar-refractivity contribution < 1.29 is 27.1 Å². The Hall–Kier alpha value is -2.78. The zero-order chi connectivity index (χ0) is 24.7. The Morgan fingerprint density at radius 3 is 2.29 bits per heavy atom. The molecule has 1 saturated heterocycles. The number of sulfonamides is 1. The van der Waals surface area contributed by atoms with Crippen molar-refractivity contribution in [2.75, 3.05) is 13.1 Å². The molecule has 1 N–H and O–H groups in total. The van der Waals surface area contributed by atoms with E-state index in [1.165, 1.54) is 23.4 Å². The fraction of sp³-hybridized carbons (Fsp3) is 0.440. The van der Waals surface area contributed by atoms with Crippen molar-refractivity contribution >= 4 is 21.9 Å². The van der Waals surface area contributed by atoms with Gasteiger partial charge in [0.15, 0.2) is 6.10 Å². The number of hydrogen-bond donors (Lipinski definition) is 1. The molecule has 0 aromatic heterocycles. The van der Waals surface area contributed by atoms with Crippen molar-refractivity contribution in [1.82, 2.24) is 9.62 Å². The molecular weight excluding hydrogens is 459 g/mol. The number of benzene rings is 2. The van der Waals surface area contributed by atoms with E-state index in [2.05, 4.69) is 5.32 Å². The Labute approximate surface area is 200 Å². The smallest absolute Gasteiger partial charge is 0.309 e. The fourth-order valence-corrected chi connectivity index (χ4v) is 5.47. The highest BCUT2D eigenvalue weighted by Gasteiger charge is 2.34. The summed E-state index contributed by atoms with van der Waals surface area (Å²) in [5.74, 6) is -1.88. The van der Waals surface area contributed by atoms with Crippen LogP contribution in [-0.4, -0.2) is 43.8 Å². The van der Waals surface area contributed by atoms with Crippen LogP contribution in [0.5, 0.6) is 0 Å². The van der Waals surface area contributed by atoms with Gasteiger partial charge in [0.05, 0.1) is 16.9 Å². The zero-order valence-electron chi connectivity index (χ0n) is 19.4. The molecule has 0 saturated carbocycles. The first kappa shape index (κ1) is 25.8. The molecule has 3 rings (SSSR count). The van der Waals surface area contributed by atoms with Gasteiger partial charge in [-0.05, 0) is 56.0 Å². The zero-order valence-corrected chi connectivity index (χ0v) is 20.3. The largest absolute Gasteiger partial charge is 0.452 e. The van der Waals surface area contributed by atoms with Gasteiger partial charge in [-0.15, -0.1) is 0 Å². The van der Waals surface area contributed by atoms with Crippen LogP contribution in [0.25, 0.3) is 0 Å². The summed E-state index contributed by atoms with van der Waals surface area (Å²) in [6.45, 7) is 3.86. The molecule has 1 amide bonds. The average molecular weight is 491 g/mol. The minimum absolute atomic E-state index is 0.0141. The molecule has 2 unspecified atom stereocenters. The standard InChI is InChI=1S/C25H31FN2O5S/c1-3-7-23(19-8-5-4-6-9-19)27-24(29)18(2)33-25(30)20-14-16-28(17-15-20)34(31,32)22-12-10-21(26)11-13-22/h4-6,8-13,18,20,23H,3,7,14-17H2,1-2H3,(H,27,29). The van der Waals surface area contributed by atoms with E-state index in [1.54, 1.807) is 0 Å². The van der Waals surface area contributed by atoms with Crippen molar-refractivity contribution in [3.8, 4) is 0 Å². The number of carbonyl (C=O) groups excluding carboxylic acids is 2. The quantitative estimate of drug-likeness (QED) is 0.540. The molecule has 0 radical (unpaired) electrons. The normalized spacial score (nSPS) is 17.0. The molecule has 184 valence electrons. The molecule has 0 spiro atoms. The summed E-state index contributed by atoms with van der Waals surface area (Å²) in [6.07, 6.45) is 1.26. The SMILES string of the molecule is CCCC(NC(=O)C(C)OC(=O)C1CCN(S(=O)(=O)c2ccc(F)cc2)CC1)c1ccccc1. The maximum absolute atomic E-state index is 13.1. The van der Waals surface area contributed by atoms with E-state index in [-0.39, 0.29) is 42.8 Å². The Kier molecular flexibility index (Phi) is 8.79. The summed E-state index contributed by atoms with van der Waals surface area (Å²) in [7, 11) is -3.76. The summed E-state index contributed by atoms with van der Waals surface area (Å²) in [4.78, 5) is 25.3. The third-order valence-electron chi connectivity index (χ3n) is 6.00. The van der Waals surface area contributed by atoms with Gasteiger partial charge in [-0.3, -0.25) is 9.59 Å². The van der Waals surface area contributed by atoms with Crippen LogP contribution in [0.1, 0.15) is 51.1 Å². The highest BCUT2D eigenvalue weighted by Crippen LogP contribution is 2.25. The fourth-order valence-electron chi connectivity index (χ4n) is 4.00. The Balaban J connectivity index is 1.53. The first-order chi connectivity index (χ1) is 16.2. The Morgan fingerprint density at radius 1 is 1.09 bits per heavy atom. The topological polar surface area (TPSA) is 92.8 Å². The lowest BCUT2D eigenvalue weighted by atomic mass is 9.98. The highest BCUT2D eigenvalue weighted by molar-refractivity contribution is 7.89. The molecule has 0 aliphatic carbocycles. The number of hydrogen-bond acceptors (Lipinski definition) is 5. The number of amides is 1. The molecule has 1 fully saturated rings. The lowest BCUT2D eigenvalue weighted by Gasteiger charge is -2.30. The molecule has 2 aromatic rings. The minimum atomic E-state index is -3.76. The van der Waals surface area contributed by atoms with E-state index in [0.717, 1.165) is 30.5 Å². The number of piperidine rings is 1. The summed E-state index contributed by atoms with van der Waals surface area (Å²) in [5, 5.41) is 2.96. The van der Waals surface area contributed by atoms with E-state index in [0.29, 0.717) is 0 Å². The van der Waals surface area contributed by atoms with Crippen LogP contribution in [0.4, 0.5) is 4.39 Å². The van der Waals surface area contributed by atoms with Gasteiger partial charge in [0, 0.05) is 13.1 Å². The maximum Gasteiger partial charge on any atom is 0.309 e. The van der Waals surface area contributed by atoms with E-state index in [1.807, 2.05) is 37.3 Å². The molecule has 1 aliphatic rings. The average Bonchev–Trinajstić information content (AvgIpc) is 2.84. The number of ether oxygens (including phenoxy) is 1. The molecule has 7 nitrogen and oxygen atoms in total. The maximum atomic E-state index is 13.1. The molecular formula is C25H31FN2O5S. The van der Waals surface area contributed by atoms with Crippen molar-refractivity contribution in [3.05, 3.63) is 66.0 Å². The van der Waals surface area contributed by atoms with Gasteiger partial charge < -0.3 is 10.1 Å². The summed E-state index contributed by atoms with van der Waals surface area (Å²) in [5.41, 5.74) is 0.992. The van der Waals surface area contributed by atoms with Gasteiger partial charge in [0.1, 0.15) is 5.82 Å². The third kappa shape index (κ3) is 6.42. The van der Waals surface area contributed by atoms with E-state index in [9.17, 15) is 22.4 Å². The molecule has 0 bridgehead atoms. The van der Waals surface area contributed by atoms with Crippen LogP contribution in [0.15, 0.2) is 59.5 Å². The molecule has 9 heteroatoms. The molecule has 2 aromatic carbocycles. The van der Waals surface area contributed by atoms with Gasteiger partial charge in [0.2, 0.25) is 10.0 Å². The van der Waals surface area contributed by atoms with Crippen LogP contribution in [-0.2, 0) is 24.3 Å². The number of nitrogens with zero attached hydrogens (tertiary/aromatic N) is 1. The van der Waals surface area contributed by atoms with Gasteiger partial charge in [-0.2, -0.15) is 4.31 Å². The van der Waals surface area contributed by atoms with Crippen LogP contribution in [0, 0.1) is 11.7 Å². The van der Waals surface area contributed by atoms with Crippen LogP contribution in [0.3, 0.4) is 0 Å². The van der Waals surface area contributed by atoms with Gasteiger partial charge >= 0.3 is 5.97 Å². The summed E-state index contributed by atoms with van der Waals surface area (Å²) < 4.78 is 45.3. The number of halogens is 1. The van der Waals surface area contributed by atoms with Crippen molar-refractivity contribution in [2.45, 2.75) is 56.6 Å². The summed E-state index contributed by atoms with van der Waals surface area (Å²) in [6, 6.07) is 14.1. The highest BCUT2D eigenvalue weighted by atomic mass is 32.2. The predicted molar refractivity (Wildman–Crippen MR) is 126 cm³/mol. The second-order valence-electron chi connectivity index (χ2n) is 8.47. The van der Waals surface area contributed by atoms with E-state index < -0.39 is 33.8 Å². The number of rotatable bonds is 9. The van der Waals surface area contributed by atoms with E-state index >= 15 is 0 Å². The lowest BCUT2D eigenvalue weighted by molar-refractivity contribution is -0.160. The first-order valence-electron chi connectivity index (χ1n) is 11.5. The van der Waals surface area contributed by atoms with Gasteiger partial charge in [0.25, 0.3) is 5.91 Å². The van der Waals surface area contributed by atoms with Crippen LogP contribution in [0.2, 0.25) is 0 Å². The van der Waals surface area contributed by atoms with E-state index in [4.69, 9.17) is 4.74 Å². The van der Waals surface area contributed by atoms with Gasteiger partial charge in [-0.25, -0.2) is 12.8 Å². The van der Waals surface area contributed by atoms with Gasteiger partial charge in [-0.1, -0.05) is 43.7 Å². The lowest BCUT2D eigenvalue weighted by Crippen LogP contribution is -2.43. The number of carbonyl (C=O) groups is 2. The van der Waals surface area contributed by atoms with Crippen LogP contribution >= 0.6 is 0 Å². The Bertz CT molecular complexity index is 1070. The van der Waals surface area contributed by atoms with Crippen molar-refractivity contribution in [2.24, 2.45) is 5.92 Å². The molecule has 2 atom stereocenters. The predicted octanol–water partition coefficient (Wildman–Crippen LogP) is 3.82. The van der Waals surface area contributed by atoms with Crippen molar-refractivity contribution in [3.63, 3.8) is 0 Å². The monoisotopic (exact) mass is 490 g/mol. The summed E-state index contributed by atoms with van der Waals surface area (Å²) >= 11 is 0. The first-order valence-corrected chi connectivity index (χ1v) is 13.0. The second kappa shape index (κ2) is 11.6.